The number of carbonyl (C=O) groups excluding carboxylic acids is 1. The number of hydrogen-bond donors (Lipinski definition) is 0. The zero-order valence-electron chi connectivity index (χ0n) is 4.44. The molecule has 0 saturated heterocycles. The molecule has 1 nitrogen and oxygen atoms in total. The first-order valence-electron chi connectivity index (χ1n) is 1.19. The van der Waals surface area contributed by atoms with Gasteiger partial charge in [-0.25, -0.2) is 0 Å². The number of rotatable bonds is 0. The molecule has 0 amide bonds. The van der Waals surface area contributed by atoms with Gasteiger partial charge in [-0.2, -0.15) is 6.92 Å². The van der Waals surface area contributed by atoms with Gasteiger partial charge in [0.25, 0.3) is 0 Å². The van der Waals surface area contributed by atoms with E-state index in [-0.39, 0.29) is 32.7 Å². The summed E-state index contributed by atoms with van der Waals surface area (Å²) in [5.41, 5.74) is 0. The van der Waals surface area contributed by atoms with Gasteiger partial charge >= 0.3 is 49.4 Å². The molecule has 0 aromatic rings. The number of halogens is 4. The molecular formula is C2H3I4OVY-. The van der Waals surface area contributed by atoms with E-state index in [1.807, 2.05) is 0 Å². The smallest absolute Gasteiger partial charge is 0 e. The third kappa shape index (κ3) is 70.9. The molecular weight excluding hydrogens is 687 g/mol. The minimum atomic E-state index is 0. The van der Waals surface area contributed by atoms with E-state index in [0.29, 0.717) is 9.47 Å². The molecule has 0 N–H and O–H groups in total. The van der Waals surface area contributed by atoms with Gasteiger partial charge in [0.15, 0.2) is 0 Å². The fourth-order valence-corrected chi connectivity index (χ4v) is 0. The van der Waals surface area contributed by atoms with Crippen LogP contribution in [0.25, 0.3) is 0 Å². The van der Waals surface area contributed by atoms with Crippen molar-refractivity contribution in [1.29, 1.82) is 0 Å². The summed E-state index contributed by atoms with van der Waals surface area (Å²) in [5, 5.41) is 0. The molecule has 0 heterocycles. The first kappa shape index (κ1) is 23.3. The van der Waals surface area contributed by atoms with Crippen LogP contribution < -0.4 is 0 Å². The van der Waals surface area contributed by atoms with E-state index in [1.165, 1.54) is 13.2 Å². The summed E-state index contributed by atoms with van der Waals surface area (Å²) in [4.78, 5) is 8.68. The van der Waals surface area contributed by atoms with E-state index in [2.05, 4.69) is 77.2 Å². The van der Waals surface area contributed by atoms with Crippen LogP contribution in [0.1, 0.15) is 6.92 Å². The van der Waals surface area contributed by atoms with Gasteiger partial charge in [0.1, 0.15) is 0 Å². The van der Waals surface area contributed by atoms with Gasteiger partial charge in [-0.3, -0.25) is 6.29 Å². The van der Waals surface area contributed by atoms with Crippen LogP contribution in [0.15, 0.2) is 0 Å². The Bertz CT molecular complexity index is 32.5. The summed E-state index contributed by atoms with van der Waals surface area (Å²) in [5.74, 6) is 0. The van der Waals surface area contributed by atoms with Gasteiger partial charge in [-0.15, -0.1) is 0 Å². The molecule has 54 valence electrons. The minimum Gasteiger partial charge on any atom is 0 e. The van der Waals surface area contributed by atoms with Gasteiger partial charge < -0.3 is 4.79 Å². The second-order valence-corrected chi connectivity index (χ2v) is 12.1. The molecule has 0 unspecified atom stereocenters. The van der Waals surface area contributed by atoms with Crippen molar-refractivity contribution in [3.8, 4) is 0 Å². The summed E-state index contributed by atoms with van der Waals surface area (Å²) in [6.07, 6.45) is 1.50. The van der Waals surface area contributed by atoms with Crippen LogP contribution in [-0.2, 0) is 47.0 Å². The van der Waals surface area contributed by atoms with Crippen LogP contribution in [0, 0.1) is 0 Å². The summed E-state index contributed by atoms with van der Waals surface area (Å²) in [6, 6.07) is 0. The van der Waals surface area contributed by atoms with Crippen molar-refractivity contribution in [3.63, 3.8) is 0 Å². The second-order valence-electron chi connectivity index (χ2n) is 0.268. The van der Waals surface area contributed by atoms with E-state index < -0.39 is 0 Å². The van der Waals surface area contributed by atoms with E-state index in [1.54, 1.807) is 0 Å². The third-order valence-corrected chi connectivity index (χ3v) is 0. The van der Waals surface area contributed by atoms with Gasteiger partial charge in [0, 0.05) is 69.9 Å². The molecule has 0 saturated carbocycles. The fourth-order valence-electron chi connectivity index (χ4n) is 0. The maximum Gasteiger partial charge on any atom is 0 e. The first-order chi connectivity index (χ1) is 3.83. The van der Waals surface area contributed by atoms with E-state index >= 15 is 0 Å². The Kier molecular flexibility index (Phi) is 102. The monoisotopic (exact) mass is 690 g/mol. The predicted octanol–water partition coefficient (Wildman–Crippen LogP) is 3.65. The van der Waals surface area contributed by atoms with Crippen molar-refractivity contribution < 1.29 is 47.0 Å². The molecule has 0 aliphatic rings. The maximum absolute atomic E-state index is 8.68. The summed E-state index contributed by atoms with van der Waals surface area (Å²) in [7, 11) is 0.628. The van der Waals surface area contributed by atoms with Crippen molar-refractivity contribution in [1.82, 2.24) is 0 Å². The standard InChI is InChI=1S/C2H3O.I2.2HI.V.Y/c1-2-3;1-2;;;;/h1H3;;2*1H;;/q-1;;;;+2;/p-2. The summed E-state index contributed by atoms with van der Waals surface area (Å²) in [6.45, 7) is 1.32. The predicted molar refractivity (Wildman–Crippen MR) is 67.4 cm³/mol. The van der Waals surface area contributed by atoms with Crippen LogP contribution >= 0.6 is 77.2 Å². The second kappa shape index (κ2) is 39.6. The summed E-state index contributed by atoms with van der Waals surface area (Å²) >= 11 is 8.98. The minimum absolute atomic E-state index is 0. The SMILES string of the molecule is C[C-]=O.II.[I][V][I].[Y]. The zero-order valence-corrected chi connectivity index (χ0v) is 17.3. The third-order valence-electron chi connectivity index (χ3n) is 0. The largest absolute Gasteiger partial charge is 0 e. The van der Waals surface area contributed by atoms with Crippen LogP contribution in [0.4, 0.5) is 0 Å². The van der Waals surface area contributed by atoms with Crippen molar-refractivity contribution in [2.75, 3.05) is 0 Å². The van der Waals surface area contributed by atoms with Crippen LogP contribution in [0.2, 0.25) is 0 Å². The number of hydrogen-bond acceptors (Lipinski definition) is 1. The van der Waals surface area contributed by atoms with Crippen LogP contribution in [-0.4, -0.2) is 6.29 Å². The van der Waals surface area contributed by atoms with Crippen molar-refractivity contribution in [2.24, 2.45) is 0 Å². The first-order valence-corrected chi connectivity index (χ1v) is 16.5. The zero-order chi connectivity index (χ0) is 7.41. The van der Waals surface area contributed by atoms with E-state index in [9.17, 15) is 0 Å². The van der Waals surface area contributed by atoms with E-state index in [4.69, 9.17) is 4.79 Å². The molecule has 1 radical (unpaired) electrons. The van der Waals surface area contributed by atoms with Gasteiger partial charge in [0.2, 0.25) is 0 Å². The maximum atomic E-state index is 8.68. The average molecular weight is 691 g/mol. The Labute approximate surface area is 133 Å². The van der Waals surface area contributed by atoms with Crippen molar-refractivity contribution in [2.45, 2.75) is 6.92 Å². The molecule has 0 aliphatic carbocycles. The van der Waals surface area contributed by atoms with Crippen molar-refractivity contribution >= 4 is 83.5 Å². The molecule has 0 fully saturated rings. The Morgan fingerprint density at radius 2 is 1.33 bits per heavy atom. The fraction of sp³-hybridized carbons (Fsp3) is 0.500. The molecule has 7 heteroatoms. The van der Waals surface area contributed by atoms with Crippen LogP contribution in [0.5, 0.6) is 0 Å². The molecule has 9 heavy (non-hydrogen) atoms. The average Bonchev–Trinajstić information content (AvgIpc) is 1.75. The quantitative estimate of drug-likeness (QED) is 0.281. The Morgan fingerprint density at radius 3 is 1.33 bits per heavy atom. The molecule has 0 bridgehead atoms. The molecule has 0 aliphatic heterocycles. The van der Waals surface area contributed by atoms with E-state index in [0.717, 1.165) is 0 Å². The van der Waals surface area contributed by atoms with Gasteiger partial charge in [0.05, 0.1) is 0 Å². The molecule has 0 atom stereocenters. The van der Waals surface area contributed by atoms with Gasteiger partial charge in [-0.05, 0) is 0 Å². The molecule has 0 rings (SSSR count). The summed E-state index contributed by atoms with van der Waals surface area (Å²) < 4.78 is 0. The Morgan fingerprint density at radius 1 is 1.33 bits per heavy atom. The molecule has 0 spiro atoms. The Balaban J connectivity index is -0.0000000202. The van der Waals surface area contributed by atoms with Crippen LogP contribution in [0.3, 0.4) is 0 Å². The Hall–Kier alpha value is 4.28. The topological polar surface area (TPSA) is 17.1 Å². The normalized spacial score (nSPS) is 3.67. The van der Waals surface area contributed by atoms with Gasteiger partial charge in [-0.1, -0.05) is 0 Å². The molecule has 0 aromatic heterocycles. The van der Waals surface area contributed by atoms with Crippen molar-refractivity contribution in [3.05, 3.63) is 0 Å². The molecule has 0 aromatic carbocycles.